The summed E-state index contributed by atoms with van der Waals surface area (Å²) >= 11 is 0. The van der Waals surface area contributed by atoms with E-state index in [4.69, 9.17) is 0 Å². The number of rotatable bonds is 6. The summed E-state index contributed by atoms with van der Waals surface area (Å²) in [6, 6.07) is 16.8. The fourth-order valence-corrected chi connectivity index (χ4v) is 5.51. The van der Waals surface area contributed by atoms with Crippen molar-refractivity contribution < 1.29 is 4.79 Å². The molecule has 3 aromatic rings. The molecule has 168 valence electrons. The molecule has 0 radical (unpaired) electrons. The third-order valence-corrected chi connectivity index (χ3v) is 7.43. The molecule has 0 spiro atoms. The van der Waals surface area contributed by atoms with Gasteiger partial charge in [0.25, 0.3) is 5.91 Å². The summed E-state index contributed by atoms with van der Waals surface area (Å²) in [4.78, 5) is 29.9. The van der Waals surface area contributed by atoms with E-state index in [2.05, 4.69) is 24.0 Å². The van der Waals surface area contributed by atoms with Crippen molar-refractivity contribution in [3.05, 3.63) is 70.1 Å². The zero-order chi connectivity index (χ0) is 22.2. The van der Waals surface area contributed by atoms with Crippen LogP contribution >= 0.6 is 0 Å². The number of fused-ring (bicyclic) bond motifs is 2. The Morgan fingerprint density at radius 3 is 2.41 bits per heavy atom. The lowest BCUT2D eigenvalue weighted by Gasteiger charge is -2.36. The molecule has 1 amide bonds. The number of hydrogen-bond acceptors (Lipinski definition) is 3. The zero-order valence-corrected chi connectivity index (χ0v) is 19.0. The van der Waals surface area contributed by atoms with Crippen LogP contribution < -0.4 is 5.69 Å². The van der Waals surface area contributed by atoms with Gasteiger partial charge in [-0.05, 0) is 56.4 Å². The smallest absolute Gasteiger partial charge is 0.329 e. The van der Waals surface area contributed by atoms with E-state index in [0.717, 1.165) is 74.0 Å². The standard InChI is InChI=1S/C26H32N4O2/c1-19(8-7-15-29-18-20-9-3-4-10-22(20)25(29)31)28-16-13-21(14-17-28)30-24-12-6-5-11-23(24)27(2)26(30)32/h3-6,9-12,19,21H,7-8,13-18H2,1-2H3. The van der Waals surface area contributed by atoms with Crippen molar-refractivity contribution in [1.82, 2.24) is 18.9 Å². The molecular weight excluding hydrogens is 400 g/mol. The molecular formula is C26H32N4O2. The highest BCUT2D eigenvalue weighted by Gasteiger charge is 2.28. The number of nitrogens with zero attached hydrogens (tertiary/aromatic N) is 4. The average Bonchev–Trinajstić information content (AvgIpc) is 3.28. The highest BCUT2D eigenvalue weighted by molar-refractivity contribution is 5.98. The summed E-state index contributed by atoms with van der Waals surface area (Å²) in [6.45, 7) is 5.88. The third-order valence-electron chi connectivity index (χ3n) is 7.43. The van der Waals surface area contributed by atoms with Gasteiger partial charge in [0, 0.05) is 50.9 Å². The van der Waals surface area contributed by atoms with Crippen LogP contribution in [-0.2, 0) is 13.6 Å². The van der Waals surface area contributed by atoms with Gasteiger partial charge in [0.1, 0.15) is 0 Å². The first-order valence-corrected chi connectivity index (χ1v) is 11.8. The minimum atomic E-state index is 0.0916. The Morgan fingerprint density at radius 1 is 0.969 bits per heavy atom. The third kappa shape index (κ3) is 3.66. The maximum Gasteiger partial charge on any atom is 0.329 e. The van der Waals surface area contributed by atoms with E-state index in [9.17, 15) is 9.59 Å². The molecule has 32 heavy (non-hydrogen) atoms. The minimum Gasteiger partial charge on any atom is -0.334 e. The number of aromatic nitrogens is 2. The van der Waals surface area contributed by atoms with Gasteiger partial charge >= 0.3 is 5.69 Å². The molecule has 2 aliphatic rings. The van der Waals surface area contributed by atoms with Gasteiger partial charge in [-0.2, -0.15) is 0 Å². The van der Waals surface area contributed by atoms with Crippen molar-refractivity contribution in [3.63, 3.8) is 0 Å². The molecule has 6 nitrogen and oxygen atoms in total. The summed E-state index contributed by atoms with van der Waals surface area (Å²) in [5.41, 5.74) is 4.16. The van der Waals surface area contributed by atoms with Crippen molar-refractivity contribution >= 4 is 16.9 Å². The van der Waals surface area contributed by atoms with E-state index in [-0.39, 0.29) is 17.6 Å². The molecule has 2 aliphatic heterocycles. The van der Waals surface area contributed by atoms with Crippen LogP contribution in [0.1, 0.15) is 54.6 Å². The average molecular weight is 433 g/mol. The maximum absolute atomic E-state index is 12.9. The molecule has 5 rings (SSSR count). The first-order valence-electron chi connectivity index (χ1n) is 11.8. The van der Waals surface area contributed by atoms with Crippen molar-refractivity contribution in [1.29, 1.82) is 0 Å². The van der Waals surface area contributed by atoms with Gasteiger partial charge in [-0.3, -0.25) is 13.9 Å². The molecule has 1 unspecified atom stereocenters. The van der Waals surface area contributed by atoms with E-state index < -0.39 is 0 Å². The lowest BCUT2D eigenvalue weighted by atomic mass is 10.0. The molecule has 3 heterocycles. The number of carbonyl (C=O) groups excluding carboxylic acids is 1. The van der Waals surface area contributed by atoms with E-state index in [1.807, 2.05) is 52.9 Å². The molecule has 0 saturated carbocycles. The molecule has 1 saturated heterocycles. The Kier molecular flexibility index (Phi) is 5.64. The minimum absolute atomic E-state index is 0.0916. The first-order chi connectivity index (χ1) is 15.5. The highest BCUT2D eigenvalue weighted by atomic mass is 16.2. The number of hydrogen-bond donors (Lipinski definition) is 0. The largest absolute Gasteiger partial charge is 0.334 e. The van der Waals surface area contributed by atoms with Gasteiger partial charge in [0.05, 0.1) is 11.0 Å². The lowest BCUT2D eigenvalue weighted by molar-refractivity contribution is 0.0766. The van der Waals surface area contributed by atoms with Crippen LogP contribution in [0.4, 0.5) is 0 Å². The van der Waals surface area contributed by atoms with E-state index in [1.54, 1.807) is 4.57 Å². The van der Waals surface area contributed by atoms with Gasteiger partial charge in [0.2, 0.25) is 0 Å². The van der Waals surface area contributed by atoms with Crippen molar-refractivity contribution in [3.8, 4) is 0 Å². The Hall–Kier alpha value is -2.86. The number of carbonyl (C=O) groups is 1. The summed E-state index contributed by atoms with van der Waals surface area (Å²) < 4.78 is 3.77. The number of para-hydroxylation sites is 2. The fourth-order valence-electron chi connectivity index (χ4n) is 5.51. The summed E-state index contributed by atoms with van der Waals surface area (Å²) in [7, 11) is 1.86. The van der Waals surface area contributed by atoms with Crippen LogP contribution in [0.3, 0.4) is 0 Å². The predicted molar refractivity (Wildman–Crippen MR) is 127 cm³/mol. The Morgan fingerprint density at radius 2 is 1.66 bits per heavy atom. The monoisotopic (exact) mass is 432 g/mol. The molecule has 1 fully saturated rings. The lowest BCUT2D eigenvalue weighted by Crippen LogP contribution is -2.42. The van der Waals surface area contributed by atoms with E-state index in [1.165, 1.54) is 0 Å². The van der Waals surface area contributed by atoms with Crippen LogP contribution in [0, 0.1) is 0 Å². The second-order valence-electron chi connectivity index (χ2n) is 9.34. The molecule has 0 aliphatic carbocycles. The summed E-state index contributed by atoms with van der Waals surface area (Å²) in [6.07, 6.45) is 4.10. The number of amides is 1. The quantitative estimate of drug-likeness (QED) is 0.595. The van der Waals surface area contributed by atoms with Crippen LogP contribution in [-0.4, -0.2) is 50.5 Å². The van der Waals surface area contributed by atoms with Gasteiger partial charge < -0.3 is 9.80 Å². The Labute approximate surface area is 189 Å². The van der Waals surface area contributed by atoms with Crippen molar-refractivity contribution in [2.75, 3.05) is 19.6 Å². The molecule has 1 aromatic heterocycles. The summed E-state index contributed by atoms with van der Waals surface area (Å²) in [5.74, 6) is 0.176. The second kappa shape index (κ2) is 8.58. The normalized spacial score (nSPS) is 18.4. The predicted octanol–water partition coefficient (Wildman–Crippen LogP) is 3.80. The topological polar surface area (TPSA) is 50.5 Å². The summed E-state index contributed by atoms with van der Waals surface area (Å²) in [5, 5.41) is 0. The van der Waals surface area contributed by atoms with Crippen molar-refractivity contribution in [2.24, 2.45) is 7.05 Å². The second-order valence-corrected chi connectivity index (χ2v) is 9.34. The maximum atomic E-state index is 12.9. The number of imidazole rings is 1. The molecule has 0 N–H and O–H groups in total. The molecule has 1 atom stereocenters. The van der Waals surface area contributed by atoms with Gasteiger partial charge in [-0.1, -0.05) is 30.3 Å². The van der Waals surface area contributed by atoms with Gasteiger partial charge in [-0.15, -0.1) is 0 Å². The van der Waals surface area contributed by atoms with E-state index in [0.29, 0.717) is 6.04 Å². The highest BCUT2D eigenvalue weighted by Crippen LogP contribution is 2.27. The van der Waals surface area contributed by atoms with Gasteiger partial charge in [-0.25, -0.2) is 4.79 Å². The van der Waals surface area contributed by atoms with E-state index >= 15 is 0 Å². The zero-order valence-electron chi connectivity index (χ0n) is 19.0. The van der Waals surface area contributed by atoms with Gasteiger partial charge in [0.15, 0.2) is 0 Å². The Balaban J connectivity index is 1.14. The molecule has 6 heteroatoms. The fraction of sp³-hybridized carbons (Fsp3) is 0.462. The number of likely N-dealkylation sites (tertiary alicyclic amines) is 1. The van der Waals surface area contributed by atoms with Crippen molar-refractivity contribution in [2.45, 2.75) is 51.2 Å². The van der Waals surface area contributed by atoms with Crippen LogP contribution in [0.25, 0.3) is 11.0 Å². The number of piperidine rings is 1. The SMILES string of the molecule is CC(CCCN1Cc2ccccc2C1=O)N1CCC(n2c(=O)n(C)c3ccccc32)CC1. The molecule has 0 bridgehead atoms. The number of aryl methyl sites for hydroxylation is 1. The van der Waals surface area contributed by atoms with Crippen LogP contribution in [0.5, 0.6) is 0 Å². The van der Waals surface area contributed by atoms with Crippen LogP contribution in [0.15, 0.2) is 53.3 Å². The molecule has 2 aromatic carbocycles. The Bertz CT molecular complexity index is 1190. The first kappa shape index (κ1) is 21.0. The number of benzene rings is 2. The van der Waals surface area contributed by atoms with Crippen LogP contribution in [0.2, 0.25) is 0 Å².